The maximum atomic E-state index is 12.5. The molecular weight excluding hydrogens is 402 g/mol. The van der Waals surface area contributed by atoms with Crippen molar-refractivity contribution in [3.63, 3.8) is 0 Å². The van der Waals surface area contributed by atoms with E-state index in [1.165, 1.54) is 18.6 Å². The summed E-state index contributed by atoms with van der Waals surface area (Å²) < 4.78 is 15.5. The van der Waals surface area contributed by atoms with E-state index in [2.05, 4.69) is 9.69 Å². The van der Waals surface area contributed by atoms with E-state index in [0.29, 0.717) is 17.9 Å². The van der Waals surface area contributed by atoms with Crippen LogP contribution in [0.4, 0.5) is 5.69 Å². The molecule has 0 spiro atoms. The maximum Gasteiger partial charge on any atom is 0.255 e. The van der Waals surface area contributed by atoms with E-state index in [1.54, 1.807) is 12.1 Å². The number of carbonyl (C=O) groups is 2. The van der Waals surface area contributed by atoms with Gasteiger partial charge >= 0.3 is 0 Å². The van der Waals surface area contributed by atoms with Gasteiger partial charge in [-0.2, -0.15) is 4.37 Å². The van der Waals surface area contributed by atoms with E-state index >= 15 is 0 Å². The fraction of sp³-hybridized carbons (Fsp3) is 0.227. The summed E-state index contributed by atoms with van der Waals surface area (Å²) >= 11 is 1.38. The minimum Gasteiger partial charge on any atom is -0.493 e. The molecule has 2 amide bonds. The number of methoxy groups -OCH3 is 1. The van der Waals surface area contributed by atoms with Gasteiger partial charge < -0.3 is 20.5 Å². The molecule has 3 N–H and O–H groups in total. The summed E-state index contributed by atoms with van der Waals surface area (Å²) in [5.74, 6) is 0.0745. The zero-order valence-electron chi connectivity index (χ0n) is 16.6. The zero-order chi connectivity index (χ0) is 21.3. The minimum atomic E-state index is -0.577. The Bertz CT molecular complexity index is 1110. The Hall–Kier alpha value is -3.39. The van der Waals surface area contributed by atoms with Gasteiger partial charge in [0, 0.05) is 17.9 Å². The molecule has 2 heterocycles. The average Bonchev–Trinajstić information content (AvgIpc) is 3.15. The summed E-state index contributed by atoms with van der Waals surface area (Å²) in [6.07, 6.45) is 0.296. The van der Waals surface area contributed by atoms with Gasteiger partial charge in [0.25, 0.3) is 5.91 Å². The van der Waals surface area contributed by atoms with Gasteiger partial charge in [-0.3, -0.25) is 9.59 Å². The van der Waals surface area contributed by atoms with Gasteiger partial charge in [-0.15, -0.1) is 0 Å². The number of nitrogens with zero attached hydrogens (tertiary/aromatic N) is 1. The summed E-state index contributed by atoms with van der Waals surface area (Å²) in [5.41, 5.74) is 9.71. The Kier molecular flexibility index (Phi) is 5.41. The second kappa shape index (κ2) is 8.16. The molecule has 4 rings (SSSR count). The Labute approximate surface area is 178 Å². The van der Waals surface area contributed by atoms with Crippen LogP contribution >= 0.6 is 11.5 Å². The topological polar surface area (TPSA) is 104 Å². The highest BCUT2D eigenvalue weighted by Crippen LogP contribution is 2.46. The molecule has 154 valence electrons. The molecule has 2 aromatic carbocycles. The van der Waals surface area contributed by atoms with Crippen LogP contribution in [0, 0.1) is 6.92 Å². The van der Waals surface area contributed by atoms with Gasteiger partial charge in [-0.25, -0.2) is 0 Å². The van der Waals surface area contributed by atoms with Gasteiger partial charge in [0.05, 0.1) is 17.7 Å². The molecule has 0 bridgehead atoms. The number of nitrogens with one attached hydrogen (secondary N) is 1. The van der Waals surface area contributed by atoms with Crippen molar-refractivity contribution in [1.29, 1.82) is 0 Å². The molecule has 0 radical (unpaired) electrons. The first-order chi connectivity index (χ1) is 14.5. The quantitative estimate of drug-likeness (QED) is 0.632. The zero-order valence-corrected chi connectivity index (χ0v) is 17.4. The van der Waals surface area contributed by atoms with Crippen LogP contribution in [0.5, 0.6) is 11.5 Å². The number of benzene rings is 2. The van der Waals surface area contributed by atoms with Crippen LogP contribution in [0.15, 0.2) is 42.5 Å². The SMILES string of the molecule is COc1ccc([C@@H]2CC(=O)Nc3c(-c4ccc(C)cc4)nsc32)cc1OCC(N)=O. The molecule has 0 unspecified atom stereocenters. The number of hydrogen-bond donors (Lipinski definition) is 2. The van der Waals surface area contributed by atoms with Gasteiger partial charge in [-0.1, -0.05) is 35.9 Å². The second-order valence-electron chi connectivity index (χ2n) is 7.11. The Morgan fingerprint density at radius 3 is 2.70 bits per heavy atom. The summed E-state index contributed by atoms with van der Waals surface area (Å²) in [7, 11) is 1.52. The normalized spacial score (nSPS) is 15.3. The third-order valence-electron chi connectivity index (χ3n) is 4.97. The summed E-state index contributed by atoms with van der Waals surface area (Å²) in [5, 5.41) is 2.99. The van der Waals surface area contributed by atoms with Gasteiger partial charge in [0.1, 0.15) is 5.69 Å². The highest BCUT2D eigenvalue weighted by Gasteiger charge is 2.32. The lowest BCUT2D eigenvalue weighted by Gasteiger charge is -2.23. The maximum absolute atomic E-state index is 12.5. The summed E-state index contributed by atoms with van der Waals surface area (Å²) in [6, 6.07) is 13.5. The molecule has 0 fully saturated rings. The van der Waals surface area contributed by atoms with Crippen LogP contribution in [0.1, 0.15) is 28.3 Å². The molecule has 0 saturated carbocycles. The van der Waals surface area contributed by atoms with Crippen LogP contribution in [0.25, 0.3) is 11.3 Å². The predicted octanol–water partition coefficient (Wildman–Crippen LogP) is 3.47. The monoisotopic (exact) mass is 423 g/mol. The van der Waals surface area contributed by atoms with Crippen molar-refractivity contribution in [3.8, 4) is 22.8 Å². The number of aryl methyl sites for hydroxylation is 1. The van der Waals surface area contributed by atoms with E-state index in [4.69, 9.17) is 15.2 Å². The van der Waals surface area contributed by atoms with Gasteiger partial charge in [0.2, 0.25) is 5.91 Å². The number of amides is 2. The smallest absolute Gasteiger partial charge is 0.255 e. The number of hydrogen-bond acceptors (Lipinski definition) is 6. The largest absolute Gasteiger partial charge is 0.493 e. The average molecular weight is 423 g/mol. The Morgan fingerprint density at radius 2 is 2.00 bits per heavy atom. The summed E-state index contributed by atoms with van der Waals surface area (Å²) in [6.45, 7) is 1.77. The van der Waals surface area contributed by atoms with Crippen molar-refractivity contribution in [2.45, 2.75) is 19.3 Å². The number of fused-ring (bicyclic) bond motifs is 1. The second-order valence-corrected chi connectivity index (χ2v) is 7.91. The van der Waals surface area contributed by atoms with E-state index in [-0.39, 0.29) is 18.4 Å². The number of anilines is 1. The molecule has 0 saturated heterocycles. The lowest BCUT2D eigenvalue weighted by Crippen LogP contribution is -2.23. The Balaban J connectivity index is 1.73. The van der Waals surface area contributed by atoms with E-state index in [1.807, 2.05) is 37.3 Å². The minimum absolute atomic E-state index is 0.0727. The molecule has 1 aliphatic heterocycles. The third-order valence-corrected chi connectivity index (χ3v) is 5.93. The predicted molar refractivity (Wildman–Crippen MR) is 115 cm³/mol. The van der Waals surface area contributed by atoms with Crippen molar-refractivity contribution in [3.05, 3.63) is 58.5 Å². The van der Waals surface area contributed by atoms with Gasteiger partial charge in [-0.05, 0) is 36.2 Å². The fourth-order valence-electron chi connectivity index (χ4n) is 3.48. The third kappa shape index (κ3) is 3.86. The number of carbonyl (C=O) groups excluding carboxylic acids is 2. The molecular formula is C22H21N3O4S. The lowest BCUT2D eigenvalue weighted by atomic mass is 9.89. The molecule has 1 atom stereocenters. The molecule has 30 heavy (non-hydrogen) atoms. The number of primary amides is 1. The summed E-state index contributed by atoms with van der Waals surface area (Å²) in [4.78, 5) is 24.6. The highest BCUT2D eigenvalue weighted by atomic mass is 32.1. The Morgan fingerprint density at radius 1 is 1.23 bits per heavy atom. The van der Waals surface area contributed by atoms with Crippen molar-refractivity contribution < 1.29 is 19.1 Å². The molecule has 1 aromatic heterocycles. The van der Waals surface area contributed by atoms with E-state index in [0.717, 1.165) is 32.9 Å². The first-order valence-corrected chi connectivity index (χ1v) is 10.2. The fourth-order valence-corrected chi connectivity index (χ4v) is 4.45. The number of aromatic nitrogens is 1. The molecule has 3 aromatic rings. The van der Waals surface area contributed by atoms with E-state index < -0.39 is 5.91 Å². The number of ether oxygens (including phenoxy) is 2. The molecule has 8 heteroatoms. The molecule has 0 aliphatic carbocycles. The standard InChI is InChI=1S/C22H21N3O4S/c1-12-3-5-13(6-4-12)20-21-22(30-25-20)15(10-19(27)24-21)14-7-8-16(28-2)17(9-14)29-11-18(23)26/h3-9,15H,10-11H2,1-2H3,(H2,23,26)(H,24,27)/t15-/m0/s1. The molecule has 7 nitrogen and oxygen atoms in total. The van der Waals surface area contributed by atoms with Crippen molar-refractivity contribution >= 4 is 29.0 Å². The van der Waals surface area contributed by atoms with Crippen molar-refractivity contribution in [1.82, 2.24) is 4.37 Å². The van der Waals surface area contributed by atoms with Crippen LogP contribution < -0.4 is 20.5 Å². The highest BCUT2D eigenvalue weighted by molar-refractivity contribution is 7.07. The lowest BCUT2D eigenvalue weighted by molar-refractivity contribution is -0.120. The van der Waals surface area contributed by atoms with Crippen LogP contribution in [0.2, 0.25) is 0 Å². The van der Waals surface area contributed by atoms with E-state index in [9.17, 15) is 9.59 Å². The number of nitrogens with two attached hydrogens (primary N) is 1. The van der Waals surface area contributed by atoms with Crippen LogP contribution in [-0.4, -0.2) is 29.9 Å². The van der Waals surface area contributed by atoms with Gasteiger partial charge in [0.15, 0.2) is 18.1 Å². The van der Waals surface area contributed by atoms with Crippen LogP contribution in [-0.2, 0) is 9.59 Å². The number of rotatable bonds is 6. The van der Waals surface area contributed by atoms with Crippen molar-refractivity contribution in [2.24, 2.45) is 5.73 Å². The first-order valence-electron chi connectivity index (χ1n) is 9.41. The van der Waals surface area contributed by atoms with Crippen LogP contribution in [0.3, 0.4) is 0 Å². The first kappa shape index (κ1) is 19.9. The van der Waals surface area contributed by atoms with Crippen molar-refractivity contribution in [2.75, 3.05) is 19.0 Å². The molecule has 1 aliphatic rings.